The van der Waals surface area contributed by atoms with Crippen molar-refractivity contribution >= 4 is 28.5 Å². The van der Waals surface area contributed by atoms with Gasteiger partial charge in [-0.1, -0.05) is 42.5 Å². The van der Waals surface area contributed by atoms with E-state index in [4.69, 9.17) is 9.47 Å². The van der Waals surface area contributed by atoms with Crippen LogP contribution in [0.3, 0.4) is 0 Å². The molecule has 0 radical (unpaired) electrons. The minimum atomic E-state index is -0.904. The zero-order valence-corrected chi connectivity index (χ0v) is 16.0. The van der Waals surface area contributed by atoms with E-state index in [-0.39, 0.29) is 19.1 Å². The summed E-state index contributed by atoms with van der Waals surface area (Å²) < 4.78 is 10.6. The summed E-state index contributed by atoms with van der Waals surface area (Å²) in [5.74, 6) is -0.388. The van der Waals surface area contributed by atoms with Gasteiger partial charge in [0.25, 0.3) is 0 Å². The van der Waals surface area contributed by atoms with Gasteiger partial charge in [0.1, 0.15) is 11.6 Å². The van der Waals surface area contributed by atoms with Crippen LogP contribution in [0.1, 0.15) is 20.8 Å². The molecule has 0 fully saturated rings. The van der Waals surface area contributed by atoms with Crippen LogP contribution in [-0.4, -0.2) is 36.9 Å². The largest absolute Gasteiger partial charge is 0.444 e. The SMILES string of the molecule is C=CCOCC(NC(=O)OC(C)(C)C)C(=O)Nc1cccc2ccccc12. The molecule has 0 aliphatic rings. The fraction of sp³-hybridized carbons (Fsp3) is 0.333. The van der Waals surface area contributed by atoms with Crippen molar-refractivity contribution in [1.82, 2.24) is 5.32 Å². The third-order valence-corrected chi connectivity index (χ3v) is 3.58. The van der Waals surface area contributed by atoms with Gasteiger partial charge < -0.3 is 20.1 Å². The Kier molecular flexibility index (Phi) is 6.96. The van der Waals surface area contributed by atoms with Gasteiger partial charge in [0, 0.05) is 11.1 Å². The molecule has 1 unspecified atom stereocenters. The first kappa shape index (κ1) is 20.5. The van der Waals surface area contributed by atoms with Crippen molar-refractivity contribution in [3.05, 3.63) is 55.1 Å². The number of rotatable bonds is 7. The number of ether oxygens (including phenoxy) is 2. The molecule has 144 valence electrons. The highest BCUT2D eigenvalue weighted by Gasteiger charge is 2.25. The fourth-order valence-corrected chi connectivity index (χ4v) is 2.46. The zero-order chi connectivity index (χ0) is 19.9. The molecule has 0 saturated heterocycles. The van der Waals surface area contributed by atoms with E-state index in [1.54, 1.807) is 26.8 Å². The van der Waals surface area contributed by atoms with Crippen LogP contribution in [0.15, 0.2) is 55.1 Å². The van der Waals surface area contributed by atoms with Crippen LogP contribution in [0.5, 0.6) is 0 Å². The van der Waals surface area contributed by atoms with Gasteiger partial charge in [0.15, 0.2) is 0 Å². The van der Waals surface area contributed by atoms with E-state index in [0.717, 1.165) is 10.8 Å². The number of nitrogens with one attached hydrogen (secondary N) is 2. The lowest BCUT2D eigenvalue weighted by atomic mass is 10.1. The first-order valence-electron chi connectivity index (χ1n) is 8.77. The van der Waals surface area contributed by atoms with E-state index < -0.39 is 17.7 Å². The molecular formula is C21H26N2O4. The summed E-state index contributed by atoms with van der Waals surface area (Å²) in [7, 11) is 0. The molecule has 1 atom stereocenters. The Labute approximate surface area is 159 Å². The second-order valence-electron chi connectivity index (χ2n) is 7.04. The van der Waals surface area contributed by atoms with Gasteiger partial charge >= 0.3 is 6.09 Å². The molecule has 0 aliphatic heterocycles. The lowest BCUT2D eigenvalue weighted by Gasteiger charge is -2.23. The monoisotopic (exact) mass is 370 g/mol. The molecule has 2 aromatic rings. The maximum absolute atomic E-state index is 12.8. The van der Waals surface area contributed by atoms with Crippen LogP contribution in [0.25, 0.3) is 10.8 Å². The number of carbonyl (C=O) groups excluding carboxylic acids is 2. The molecule has 0 bridgehead atoms. The van der Waals surface area contributed by atoms with Crippen molar-refractivity contribution in [2.75, 3.05) is 18.5 Å². The van der Waals surface area contributed by atoms with Gasteiger partial charge in [0.05, 0.1) is 13.2 Å². The number of anilines is 1. The van der Waals surface area contributed by atoms with Gasteiger partial charge in [-0.2, -0.15) is 0 Å². The maximum atomic E-state index is 12.8. The van der Waals surface area contributed by atoms with E-state index in [1.807, 2.05) is 42.5 Å². The summed E-state index contributed by atoms with van der Waals surface area (Å²) in [5.41, 5.74) is 0.000665. The lowest BCUT2D eigenvalue weighted by molar-refractivity contribution is -0.119. The minimum absolute atomic E-state index is 0.00185. The topological polar surface area (TPSA) is 76.7 Å². The molecule has 0 aromatic heterocycles. The third-order valence-electron chi connectivity index (χ3n) is 3.58. The number of hydrogen-bond acceptors (Lipinski definition) is 4. The summed E-state index contributed by atoms with van der Waals surface area (Å²) in [6.45, 7) is 9.12. The highest BCUT2D eigenvalue weighted by molar-refractivity contribution is 6.04. The second kappa shape index (κ2) is 9.19. The van der Waals surface area contributed by atoms with Crippen molar-refractivity contribution in [2.45, 2.75) is 32.4 Å². The van der Waals surface area contributed by atoms with Crippen LogP contribution in [0, 0.1) is 0 Å². The molecule has 2 rings (SSSR count). The first-order valence-corrected chi connectivity index (χ1v) is 8.77. The summed E-state index contributed by atoms with van der Waals surface area (Å²) in [4.78, 5) is 24.8. The molecular weight excluding hydrogens is 344 g/mol. The van der Waals surface area contributed by atoms with Crippen LogP contribution >= 0.6 is 0 Å². The van der Waals surface area contributed by atoms with E-state index in [2.05, 4.69) is 17.2 Å². The maximum Gasteiger partial charge on any atom is 0.408 e. The van der Waals surface area contributed by atoms with Crippen molar-refractivity contribution in [2.24, 2.45) is 0 Å². The van der Waals surface area contributed by atoms with Gasteiger partial charge in [-0.05, 0) is 32.2 Å². The number of hydrogen-bond donors (Lipinski definition) is 2. The Hall–Kier alpha value is -2.86. The smallest absolute Gasteiger partial charge is 0.408 e. The standard InChI is InChI=1S/C21H26N2O4/c1-5-13-26-14-18(23-20(25)27-21(2,3)4)19(24)22-17-12-8-10-15-9-6-7-11-16(15)17/h5-12,18H,1,13-14H2,2-4H3,(H,22,24)(H,23,25). The molecule has 2 aromatic carbocycles. The van der Waals surface area contributed by atoms with Gasteiger partial charge in [-0.15, -0.1) is 6.58 Å². The molecule has 2 N–H and O–H groups in total. The van der Waals surface area contributed by atoms with Crippen LogP contribution < -0.4 is 10.6 Å². The summed E-state index contributed by atoms with van der Waals surface area (Å²) >= 11 is 0. The predicted octanol–water partition coefficient (Wildman–Crippen LogP) is 3.87. The lowest BCUT2D eigenvalue weighted by Crippen LogP contribution is -2.48. The van der Waals surface area contributed by atoms with Crippen molar-refractivity contribution in [3.8, 4) is 0 Å². The zero-order valence-electron chi connectivity index (χ0n) is 16.0. The van der Waals surface area contributed by atoms with E-state index in [1.165, 1.54) is 0 Å². The Balaban J connectivity index is 2.14. The molecule has 6 heteroatoms. The summed E-state index contributed by atoms with van der Waals surface area (Å²) in [5, 5.41) is 7.36. The Morgan fingerprint density at radius 2 is 1.85 bits per heavy atom. The van der Waals surface area contributed by atoms with Gasteiger partial charge in [-0.25, -0.2) is 4.79 Å². The Morgan fingerprint density at radius 3 is 2.56 bits per heavy atom. The van der Waals surface area contributed by atoms with E-state index in [0.29, 0.717) is 5.69 Å². The average molecular weight is 370 g/mol. The number of amides is 2. The minimum Gasteiger partial charge on any atom is -0.444 e. The van der Waals surface area contributed by atoms with Crippen molar-refractivity contribution in [3.63, 3.8) is 0 Å². The number of fused-ring (bicyclic) bond motifs is 1. The number of benzene rings is 2. The summed E-state index contributed by atoms with van der Waals surface area (Å²) in [6.07, 6.45) is 0.899. The Bertz CT molecular complexity index is 806. The fourth-order valence-electron chi connectivity index (χ4n) is 2.46. The highest BCUT2D eigenvalue weighted by Crippen LogP contribution is 2.23. The van der Waals surface area contributed by atoms with Crippen molar-refractivity contribution in [1.29, 1.82) is 0 Å². The molecule has 0 saturated carbocycles. The summed E-state index contributed by atoms with van der Waals surface area (Å²) in [6, 6.07) is 12.5. The van der Waals surface area contributed by atoms with E-state index in [9.17, 15) is 9.59 Å². The molecule has 0 aliphatic carbocycles. The van der Waals surface area contributed by atoms with Gasteiger partial charge in [-0.3, -0.25) is 4.79 Å². The molecule has 0 heterocycles. The first-order chi connectivity index (χ1) is 12.8. The molecule has 2 amide bonds. The third kappa shape index (κ3) is 6.42. The normalized spacial score (nSPS) is 12.3. The van der Waals surface area contributed by atoms with Crippen LogP contribution in [0.2, 0.25) is 0 Å². The van der Waals surface area contributed by atoms with Crippen molar-refractivity contribution < 1.29 is 19.1 Å². The molecule has 27 heavy (non-hydrogen) atoms. The molecule has 0 spiro atoms. The van der Waals surface area contributed by atoms with Crippen LogP contribution in [-0.2, 0) is 14.3 Å². The predicted molar refractivity (Wildman–Crippen MR) is 107 cm³/mol. The Morgan fingerprint density at radius 1 is 1.15 bits per heavy atom. The highest BCUT2D eigenvalue weighted by atomic mass is 16.6. The van der Waals surface area contributed by atoms with Crippen LogP contribution in [0.4, 0.5) is 10.5 Å². The average Bonchev–Trinajstić information content (AvgIpc) is 2.60. The van der Waals surface area contributed by atoms with Gasteiger partial charge in [0.2, 0.25) is 5.91 Å². The number of carbonyl (C=O) groups is 2. The quantitative estimate of drug-likeness (QED) is 0.573. The van der Waals surface area contributed by atoms with E-state index >= 15 is 0 Å². The number of alkyl carbamates (subject to hydrolysis) is 1. The molecule has 6 nitrogen and oxygen atoms in total. The second-order valence-corrected chi connectivity index (χ2v) is 7.04.